The van der Waals surface area contributed by atoms with Gasteiger partial charge in [0.2, 0.25) is 5.12 Å². The summed E-state index contributed by atoms with van der Waals surface area (Å²) in [4.78, 5) is 23.3. The second-order valence-corrected chi connectivity index (χ2v) is 6.70. The Morgan fingerprint density at radius 3 is 1.79 bits per heavy atom. The first-order valence-corrected chi connectivity index (χ1v) is 5.69. The van der Waals surface area contributed by atoms with E-state index in [1.54, 1.807) is 20.8 Å². The SMILES string of the molecule is CCC(=O)C(C)(C)C(=O)SC(C)(C)C. The average molecular weight is 216 g/mol. The summed E-state index contributed by atoms with van der Waals surface area (Å²) in [7, 11) is 0. The number of carbonyl (C=O) groups is 2. The number of hydrogen-bond donors (Lipinski definition) is 0. The predicted molar refractivity (Wildman–Crippen MR) is 61.4 cm³/mol. The van der Waals surface area contributed by atoms with Gasteiger partial charge >= 0.3 is 0 Å². The molecule has 0 fully saturated rings. The van der Waals surface area contributed by atoms with Crippen molar-refractivity contribution in [3.63, 3.8) is 0 Å². The van der Waals surface area contributed by atoms with E-state index in [9.17, 15) is 9.59 Å². The summed E-state index contributed by atoms with van der Waals surface area (Å²) in [5, 5.41) is -0.0307. The highest BCUT2D eigenvalue weighted by molar-refractivity contribution is 8.14. The van der Waals surface area contributed by atoms with Crippen molar-refractivity contribution < 1.29 is 9.59 Å². The maximum Gasteiger partial charge on any atom is 0.202 e. The Morgan fingerprint density at radius 2 is 1.50 bits per heavy atom. The lowest BCUT2D eigenvalue weighted by Crippen LogP contribution is -2.33. The molecular formula is C11H20O2S. The maximum absolute atomic E-state index is 11.8. The first-order valence-electron chi connectivity index (χ1n) is 4.88. The molecule has 3 heteroatoms. The highest BCUT2D eigenvalue weighted by Crippen LogP contribution is 2.33. The minimum Gasteiger partial charge on any atom is -0.299 e. The number of Topliss-reactive ketones (excluding diaryl/α,β-unsaturated/α-hetero) is 1. The third-order valence-corrected chi connectivity index (χ3v) is 3.24. The Balaban J connectivity index is 4.60. The van der Waals surface area contributed by atoms with Gasteiger partial charge in [0.1, 0.15) is 5.78 Å². The third kappa shape index (κ3) is 3.82. The minimum atomic E-state index is -0.841. The molecule has 14 heavy (non-hydrogen) atoms. The van der Waals surface area contributed by atoms with Crippen LogP contribution in [0.1, 0.15) is 48.0 Å². The van der Waals surface area contributed by atoms with Crippen molar-refractivity contribution in [2.75, 3.05) is 0 Å². The first-order chi connectivity index (χ1) is 6.11. The predicted octanol–water partition coefficient (Wildman–Crippen LogP) is 3.05. The molecule has 0 aromatic heterocycles. The lowest BCUT2D eigenvalue weighted by atomic mass is 9.88. The lowest BCUT2D eigenvalue weighted by molar-refractivity contribution is -0.133. The van der Waals surface area contributed by atoms with Crippen LogP contribution in [0.5, 0.6) is 0 Å². The molecule has 2 nitrogen and oxygen atoms in total. The quantitative estimate of drug-likeness (QED) is 0.680. The van der Waals surface area contributed by atoms with E-state index < -0.39 is 5.41 Å². The van der Waals surface area contributed by atoms with E-state index in [0.717, 1.165) is 0 Å². The van der Waals surface area contributed by atoms with Crippen LogP contribution >= 0.6 is 11.8 Å². The summed E-state index contributed by atoms with van der Waals surface area (Å²) >= 11 is 1.25. The molecule has 0 N–H and O–H groups in total. The van der Waals surface area contributed by atoms with Crippen LogP contribution in [0.3, 0.4) is 0 Å². The van der Waals surface area contributed by atoms with Gasteiger partial charge in [-0.05, 0) is 13.8 Å². The molecule has 0 aromatic carbocycles. The van der Waals surface area contributed by atoms with Crippen LogP contribution in [0.15, 0.2) is 0 Å². The zero-order chi connectivity index (χ0) is 11.6. The molecule has 0 saturated heterocycles. The Kier molecular flexibility index (Phi) is 4.37. The van der Waals surface area contributed by atoms with Gasteiger partial charge in [0.05, 0.1) is 5.41 Å². The van der Waals surface area contributed by atoms with Crippen LogP contribution in [0.4, 0.5) is 0 Å². The van der Waals surface area contributed by atoms with E-state index in [2.05, 4.69) is 0 Å². The molecule has 0 bridgehead atoms. The molecule has 0 radical (unpaired) electrons. The molecule has 82 valence electrons. The molecule has 0 aliphatic carbocycles. The van der Waals surface area contributed by atoms with Gasteiger partial charge in [-0.1, -0.05) is 39.5 Å². The summed E-state index contributed by atoms with van der Waals surface area (Å²) in [5.41, 5.74) is -0.841. The summed E-state index contributed by atoms with van der Waals surface area (Å²) in [6, 6.07) is 0. The van der Waals surface area contributed by atoms with Crippen molar-refractivity contribution in [2.24, 2.45) is 5.41 Å². The van der Waals surface area contributed by atoms with Crippen molar-refractivity contribution in [1.82, 2.24) is 0 Å². The molecule has 0 atom stereocenters. The van der Waals surface area contributed by atoms with E-state index in [-0.39, 0.29) is 15.6 Å². The molecule has 0 unspecified atom stereocenters. The van der Waals surface area contributed by atoms with Gasteiger partial charge in [-0.2, -0.15) is 0 Å². The molecule has 0 rings (SSSR count). The number of thioether (sulfide) groups is 1. The molecule has 0 saturated carbocycles. The second kappa shape index (κ2) is 4.47. The number of carbonyl (C=O) groups excluding carboxylic acids is 2. The van der Waals surface area contributed by atoms with Crippen LogP contribution in [0.2, 0.25) is 0 Å². The Labute approximate surface area is 90.8 Å². The summed E-state index contributed by atoms with van der Waals surface area (Å²) in [6.07, 6.45) is 0.420. The zero-order valence-electron chi connectivity index (χ0n) is 9.93. The van der Waals surface area contributed by atoms with Crippen LogP contribution in [0, 0.1) is 5.41 Å². The summed E-state index contributed by atoms with van der Waals surface area (Å²) in [5.74, 6) is 0.0132. The number of ketones is 1. The number of rotatable bonds is 3. The van der Waals surface area contributed by atoms with Crippen molar-refractivity contribution >= 4 is 22.7 Å². The first kappa shape index (κ1) is 13.7. The highest BCUT2D eigenvalue weighted by Gasteiger charge is 2.36. The monoisotopic (exact) mass is 216 g/mol. The maximum atomic E-state index is 11.8. The third-order valence-electron chi connectivity index (χ3n) is 1.93. The molecular weight excluding hydrogens is 196 g/mol. The Hall–Kier alpha value is -0.310. The normalized spacial score (nSPS) is 12.7. The van der Waals surface area contributed by atoms with Crippen molar-refractivity contribution in [2.45, 2.75) is 52.7 Å². The van der Waals surface area contributed by atoms with Gasteiger partial charge < -0.3 is 0 Å². The van der Waals surface area contributed by atoms with E-state index in [1.807, 2.05) is 20.8 Å². The molecule has 0 heterocycles. The van der Waals surface area contributed by atoms with Gasteiger partial charge in [-0.3, -0.25) is 9.59 Å². The van der Waals surface area contributed by atoms with Crippen LogP contribution in [-0.4, -0.2) is 15.6 Å². The van der Waals surface area contributed by atoms with Gasteiger partial charge in [-0.25, -0.2) is 0 Å². The summed E-state index contributed by atoms with van der Waals surface area (Å²) < 4.78 is -0.123. The number of hydrogen-bond acceptors (Lipinski definition) is 3. The zero-order valence-corrected chi connectivity index (χ0v) is 10.7. The van der Waals surface area contributed by atoms with E-state index >= 15 is 0 Å². The van der Waals surface area contributed by atoms with E-state index in [0.29, 0.717) is 6.42 Å². The van der Waals surface area contributed by atoms with Gasteiger partial charge in [0.25, 0.3) is 0 Å². The minimum absolute atomic E-state index is 0.0132. The molecule has 0 aromatic rings. The standard InChI is InChI=1S/C11H20O2S/c1-7-8(12)11(5,6)9(13)14-10(2,3)4/h7H2,1-6H3. The van der Waals surface area contributed by atoms with Crippen LogP contribution in [-0.2, 0) is 9.59 Å². The molecule has 0 aliphatic rings. The fourth-order valence-electron chi connectivity index (χ4n) is 0.961. The largest absolute Gasteiger partial charge is 0.299 e. The van der Waals surface area contributed by atoms with Crippen molar-refractivity contribution in [3.05, 3.63) is 0 Å². The Bertz CT molecular complexity index is 236. The fourth-order valence-corrected chi connectivity index (χ4v) is 1.89. The van der Waals surface area contributed by atoms with Crippen molar-refractivity contribution in [1.29, 1.82) is 0 Å². The fraction of sp³-hybridized carbons (Fsp3) is 0.818. The van der Waals surface area contributed by atoms with Crippen molar-refractivity contribution in [3.8, 4) is 0 Å². The molecule has 0 spiro atoms. The Morgan fingerprint density at radius 1 is 1.07 bits per heavy atom. The topological polar surface area (TPSA) is 34.1 Å². The van der Waals surface area contributed by atoms with Crippen LogP contribution < -0.4 is 0 Å². The smallest absolute Gasteiger partial charge is 0.202 e. The summed E-state index contributed by atoms with van der Waals surface area (Å²) in [6.45, 7) is 11.1. The van der Waals surface area contributed by atoms with Gasteiger partial charge in [0, 0.05) is 11.2 Å². The molecule has 0 amide bonds. The van der Waals surface area contributed by atoms with Gasteiger partial charge in [-0.15, -0.1) is 0 Å². The van der Waals surface area contributed by atoms with Crippen LogP contribution in [0.25, 0.3) is 0 Å². The van der Waals surface area contributed by atoms with E-state index in [1.165, 1.54) is 11.8 Å². The molecule has 0 aliphatic heterocycles. The van der Waals surface area contributed by atoms with E-state index in [4.69, 9.17) is 0 Å². The lowest BCUT2D eigenvalue weighted by Gasteiger charge is -2.25. The second-order valence-electron chi connectivity index (χ2n) is 4.90. The van der Waals surface area contributed by atoms with Gasteiger partial charge in [0.15, 0.2) is 0 Å². The average Bonchev–Trinajstić information content (AvgIpc) is 1.99. The highest BCUT2D eigenvalue weighted by atomic mass is 32.2.